The number of para-hydroxylation sites is 3. The molecule has 0 aliphatic carbocycles. The number of nitrogens with one attached hydrogen (secondary N) is 1. The Morgan fingerprint density at radius 3 is 2.68 bits per heavy atom. The van der Waals surface area contributed by atoms with Gasteiger partial charge in [-0.3, -0.25) is 4.79 Å². The van der Waals surface area contributed by atoms with E-state index in [0.717, 1.165) is 59.7 Å². The van der Waals surface area contributed by atoms with E-state index < -0.39 is 0 Å². The van der Waals surface area contributed by atoms with Crippen LogP contribution in [0.3, 0.4) is 0 Å². The molecule has 0 radical (unpaired) electrons. The van der Waals surface area contributed by atoms with E-state index in [9.17, 15) is 4.79 Å². The lowest BCUT2D eigenvalue weighted by molar-refractivity contribution is 0.0957. The first-order valence-corrected chi connectivity index (χ1v) is 13.0. The fourth-order valence-electron chi connectivity index (χ4n) is 4.18. The van der Waals surface area contributed by atoms with Crippen LogP contribution in [0.4, 0.5) is 0 Å². The third kappa shape index (κ3) is 6.06. The van der Waals surface area contributed by atoms with Gasteiger partial charge in [-0.2, -0.15) is 0 Å². The van der Waals surface area contributed by atoms with Gasteiger partial charge in [-0.05, 0) is 54.0 Å². The molecule has 4 rings (SSSR count). The minimum absolute atomic E-state index is 0.0239. The summed E-state index contributed by atoms with van der Waals surface area (Å²) in [5.74, 6) is 2.52. The summed E-state index contributed by atoms with van der Waals surface area (Å²) in [6.07, 6.45) is 3.96. The molecule has 2 heterocycles. The Labute approximate surface area is 205 Å². The Morgan fingerprint density at radius 1 is 1.03 bits per heavy atom. The maximum Gasteiger partial charge on any atom is 0.261 e. The third-order valence-corrected chi connectivity index (χ3v) is 6.82. The van der Waals surface area contributed by atoms with Crippen LogP contribution in [0.5, 0.6) is 5.75 Å². The second-order valence-corrected chi connectivity index (χ2v) is 9.70. The van der Waals surface area contributed by atoms with Crippen LogP contribution in [0.25, 0.3) is 11.0 Å². The monoisotopic (exact) mass is 475 g/mol. The second-order valence-electron chi connectivity index (χ2n) is 8.75. The van der Waals surface area contributed by atoms with E-state index in [0.29, 0.717) is 19.1 Å². The molecule has 2 aromatic carbocycles. The lowest BCUT2D eigenvalue weighted by atomic mass is 10.0. The lowest BCUT2D eigenvalue weighted by Gasteiger charge is -2.15. The van der Waals surface area contributed by atoms with Gasteiger partial charge >= 0.3 is 0 Å². The highest BCUT2D eigenvalue weighted by Crippen LogP contribution is 2.26. The minimum Gasteiger partial charge on any atom is -0.491 e. The molecule has 0 spiro atoms. The van der Waals surface area contributed by atoms with Gasteiger partial charge in [-0.15, -0.1) is 11.3 Å². The average molecular weight is 476 g/mol. The molecular weight excluding hydrogens is 442 g/mol. The number of ether oxygens (including phenoxy) is 1. The lowest BCUT2D eigenvalue weighted by Crippen LogP contribution is -2.23. The summed E-state index contributed by atoms with van der Waals surface area (Å²) in [7, 11) is 0. The molecule has 0 bridgehead atoms. The quantitative estimate of drug-likeness (QED) is 0.240. The summed E-state index contributed by atoms with van der Waals surface area (Å²) in [4.78, 5) is 17.7. The normalized spacial score (nSPS) is 11.3. The molecule has 0 fully saturated rings. The van der Waals surface area contributed by atoms with Gasteiger partial charge in [0, 0.05) is 13.0 Å². The number of hydrogen-bond acceptors (Lipinski definition) is 4. The standard InChI is InChI=1S/C28H33N3O2S/c1-21(2)22-11-5-8-14-25(22)33-19-18-31-24-13-7-6-12-23(24)30-27(31)16-4-3-9-17-29-28(32)26-15-10-20-34-26/h5-8,10-15,20-21H,3-4,9,16-19H2,1-2H3,(H,29,32). The number of unbranched alkanes of at least 4 members (excludes halogenated alkanes) is 2. The first-order valence-electron chi connectivity index (χ1n) is 12.1. The molecule has 5 nitrogen and oxygen atoms in total. The molecule has 1 amide bonds. The van der Waals surface area contributed by atoms with E-state index in [4.69, 9.17) is 9.72 Å². The maximum atomic E-state index is 12.0. The van der Waals surface area contributed by atoms with Crippen molar-refractivity contribution in [1.82, 2.24) is 14.9 Å². The van der Waals surface area contributed by atoms with Crippen LogP contribution in [-0.4, -0.2) is 28.6 Å². The smallest absolute Gasteiger partial charge is 0.261 e. The highest BCUT2D eigenvalue weighted by atomic mass is 32.1. The average Bonchev–Trinajstić information content (AvgIpc) is 3.50. The fraction of sp³-hybridized carbons (Fsp3) is 0.357. The number of aryl methyl sites for hydroxylation is 1. The van der Waals surface area contributed by atoms with Crippen molar-refractivity contribution in [1.29, 1.82) is 0 Å². The van der Waals surface area contributed by atoms with Gasteiger partial charge < -0.3 is 14.6 Å². The topological polar surface area (TPSA) is 56.1 Å². The molecule has 0 aliphatic rings. The number of benzene rings is 2. The molecule has 4 aromatic rings. The fourth-order valence-corrected chi connectivity index (χ4v) is 4.82. The number of thiophene rings is 1. The summed E-state index contributed by atoms with van der Waals surface area (Å²) in [5.41, 5.74) is 3.43. The Balaban J connectivity index is 1.31. The van der Waals surface area contributed by atoms with Gasteiger partial charge in [0.2, 0.25) is 0 Å². The zero-order valence-corrected chi connectivity index (χ0v) is 20.8. The van der Waals surface area contributed by atoms with Gasteiger partial charge in [0.15, 0.2) is 0 Å². The number of aromatic nitrogens is 2. The van der Waals surface area contributed by atoms with E-state index in [1.807, 2.05) is 29.6 Å². The zero-order chi connectivity index (χ0) is 23.8. The Hall–Kier alpha value is -3.12. The van der Waals surface area contributed by atoms with Crippen LogP contribution in [0.15, 0.2) is 66.0 Å². The largest absolute Gasteiger partial charge is 0.491 e. The van der Waals surface area contributed by atoms with E-state index in [2.05, 4.69) is 60.1 Å². The Morgan fingerprint density at radius 2 is 1.85 bits per heavy atom. The second kappa shape index (κ2) is 11.8. The first kappa shape index (κ1) is 24.0. The predicted molar refractivity (Wildman–Crippen MR) is 140 cm³/mol. The minimum atomic E-state index is 0.0239. The van der Waals surface area contributed by atoms with Crippen molar-refractivity contribution < 1.29 is 9.53 Å². The van der Waals surface area contributed by atoms with Crippen LogP contribution in [0.1, 0.15) is 60.1 Å². The number of carbonyl (C=O) groups is 1. The first-order chi connectivity index (χ1) is 16.6. The van der Waals surface area contributed by atoms with Gasteiger partial charge in [-0.1, -0.05) is 56.7 Å². The number of fused-ring (bicyclic) bond motifs is 1. The maximum absolute atomic E-state index is 12.0. The molecule has 178 valence electrons. The molecule has 0 unspecified atom stereocenters. The SMILES string of the molecule is CC(C)c1ccccc1OCCn1c(CCCCCNC(=O)c2cccs2)nc2ccccc21. The molecular formula is C28H33N3O2S. The van der Waals surface area contributed by atoms with Crippen molar-refractivity contribution >= 4 is 28.3 Å². The van der Waals surface area contributed by atoms with Gasteiger partial charge in [0.05, 0.1) is 22.5 Å². The van der Waals surface area contributed by atoms with Crippen molar-refractivity contribution in [3.05, 3.63) is 82.3 Å². The van der Waals surface area contributed by atoms with E-state index in [1.54, 1.807) is 0 Å². The third-order valence-electron chi connectivity index (χ3n) is 5.95. The van der Waals surface area contributed by atoms with Crippen LogP contribution < -0.4 is 10.1 Å². The van der Waals surface area contributed by atoms with Crippen molar-refractivity contribution in [2.45, 2.75) is 52.0 Å². The van der Waals surface area contributed by atoms with Crippen molar-refractivity contribution in [2.24, 2.45) is 0 Å². The molecule has 1 N–H and O–H groups in total. The van der Waals surface area contributed by atoms with E-state index >= 15 is 0 Å². The molecule has 0 saturated heterocycles. The molecule has 0 aliphatic heterocycles. The molecule has 0 saturated carbocycles. The highest BCUT2D eigenvalue weighted by Gasteiger charge is 2.12. The molecule has 0 atom stereocenters. The van der Waals surface area contributed by atoms with Crippen LogP contribution >= 0.6 is 11.3 Å². The summed E-state index contributed by atoms with van der Waals surface area (Å²) >= 11 is 1.47. The number of hydrogen-bond donors (Lipinski definition) is 1. The van der Waals surface area contributed by atoms with Crippen molar-refractivity contribution in [3.8, 4) is 5.75 Å². The molecule has 6 heteroatoms. The van der Waals surface area contributed by atoms with Crippen LogP contribution in [0.2, 0.25) is 0 Å². The van der Waals surface area contributed by atoms with Crippen molar-refractivity contribution in [3.63, 3.8) is 0 Å². The zero-order valence-electron chi connectivity index (χ0n) is 20.0. The number of imidazole rings is 1. The summed E-state index contributed by atoms with van der Waals surface area (Å²) in [5, 5.41) is 4.93. The van der Waals surface area contributed by atoms with Crippen LogP contribution in [0, 0.1) is 0 Å². The number of rotatable bonds is 12. The van der Waals surface area contributed by atoms with Crippen molar-refractivity contribution in [2.75, 3.05) is 13.2 Å². The van der Waals surface area contributed by atoms with Gasteiger partial charge in [0.1, 0.15) is 18.2 Å². The van der Waals surface area contributed by atoms with Gasteiger partial charge in [0.25, 0.3) is 5.91 Å². The summed E-state index contributed by atoms with van der Waals surface area (Å²) in [6, 6.07) is 20.4. The number of carbonyl (C=O) groups excluding carboxylic acids is 1. The highest BCUT2D eigenvalue weighted by molar-refractivity contribution is 7.12. The number of nitrogens with zero attached hydrogens (tertiary/aromatic N) is 2. The Kier molecular flexibility index (Phi) is 8.36. The Bertz CT molecular complexity index is 1200. The summed E-state index contributed by atoms with van der Waals surface area (Å²) < 4.78 is 8.50. The van der Waals surface area contributed by atoms with Gasteiger partial charge in [-0.25, -0.2) is 4.98 Å². The van der Waals surface area contributed by atoms with E-state index in [-0.39, 0.29) is 5.91 Å². The molecule has 2 aromatic heterocycles. The molecule has 34 heavy (non-hydrogen) atoms. The summed E-state index contributed by atoms with van der Waals surface area (Å²) in [6.45, 7) is 6.45. The number of amides is 1. The predicted octanol–water partition coefficient (Wildman–Crippen LogP) is 6.44. The van der Waals surface area contributed by atoms with Crippen LogP contribution in [-0.2, 0) is 13.0 Å². The van der Waals surface area contributed by atoms with E-state index in [1.165, 1.54) is 16.9 Å².